The quantitative estimate of drug-likeness (QED) is 0.742. The van der Waals surface area contributed by atoms with Crippen molar-refractivity contribution in [1.29, 1.82) is 0 Å². The average molecular weight is 228 g/mol. The van der Waals surface area contributed by atoms with Crippen LogP contribution < -0.4 is 4.74 Å². The second-order valence-corrected chi connectivity index (χ2v) is 3.13. The van der Waals surface area contributed by atoms with Crippen LogP contribution in [-0.2, 0) is 0 Å². The third-order valence-electron chi connectivity index (χ3n) is 1.26. The van der Waals surface area contributed by atoms with Crippen LogP contribution in [0.2, 0.25) is 0 Å². The lowest BCUT2D eigenvalue weighted by Crippen LogP contribution is -1.93. The molecule has 1 aromatic rings. The van der Waals surface area contributed by atoms with Gasteiger partial charge in [0.05, 0.1) is 6.20 Å². The summed E-state index contributed by atoms with van der Waals surface area (Å²) < 4.78 is 6.28. The number of halogens is 1. The van der Waals surface area contributed by atoms with Gasteiger partial charge in [-0.25, -0.2) is 0 Å². The Bertz CT molecular complexity index is 273. The molecule has 1 aromatic heterocycles. The Morgan fingerprint density at radius 1 is 1.58 bits per heavy atom. The average Bonchev–Trinajstić information content (AvgIpc) is 2.05. The minimum absolute atomic E-state index is 0.592. The van der Waals surface area contributed by atoms with Crippen molar-refractivity contribution in [3.05, 3.63) is 35.1 Å². The van der Waals surface area contributed by atoms with Crippen LogP contribution >= 0.6 is 15.9 Å². The second-order valence-electron chi connectivity index (χ2n) is 2.22. The predicted molar refractivity (Wildman–Crippen MR) is 52.2 cm³/mol. The van der Waals surface area contributed by atoms with Crippen molar-refractivity contribution >= 4 is 15.9 Å². The van der Waals surface area contributed by atoms with Gasteiger partial charge in [0.2, 0.25) is 0 Å². The van der Waals surface area contributed by atoms with Crippen LogP contribution in [0, 0.1) is 0 Å². The largest absolute Gasteiger partial charge is 0.488 e. The molecular weight excluding hydrogens is 218 g/mol. The molecule has 0 saturated carbocycles. The van der Waals surface area contributed by atoms with Crippen molar-refractivity contribution in [2.75, 3.05) is 6.61 Å². The summed E-state index contributed by atoms with van der Waals surface area (Å²) in [5, 5.41) is 0. The second kappa shape index (κ2) is 4.93. The summed E-state index contributed by atoms with van der Waals surface area (Å²) in [5.74, 6) is 0.780. The van der Waals surface area contributed by atoms with Gasteiger partial charge >= 0.3 is 0 Å². The fraction of sp³-hybridized carbons (Fsp3) is 0.222. The summed E-state index contributed by atoms with van der Waals surface area (Å²) in [4.78, 5) is 3.97. The van der Waals surface area contributed by atoms with Gasteiger partial charge in [-0.1, -0.05) is 12.2 Å². The minimum Gasteiger partial charge on any atom is -0.488 e. The van der Waals surface area contributed by atoms with Crippen LogP contribution in [-0.4, -0.2) is 11.6 Å². The first-order valence-corrected chi connectivity index (χ1v) is 4.46. The SMILES string of the molecule is CC=CCOc1cncc(Br)c1. The summed E-state index contributed by atoms with van der Waals surface area (Å²) in [6.45, 7) is 2.55. The lowest BCUT2D eigenvalue weighted by atomic mass is 10.4. The standard InChI is InChI=1S/C9H10BrNO/c1-2-3-4-12-9-5-8(10)6-11-7-9/h2-3,5-7H,4H2,1H3. The van der Waals surface area contributed by atoms with E-state index < -0.39 is 0 Å². The number of nitrogens with zero attached hydrogens (tertiary/aromatic N) is 1. The highest BCUT2D eigenvalue weighted by Crippen LogP contribution is 2.15. The van der Waals surface area contributed by atoms with Gasteiger partial charge in [-0.15, -0.1) is 0 Å². The Kier molecular flexibility index (Phi) is 3.80. The minimum atomic E-state index is 0.592. The van der Waals surface area contributed by atoms with Crippen LogP contribution in [0.5, 0.6) is 5.75 Å². The summed E-state index contributed by atoms with van der Waals surface area (Å²) in [6.07, 6.45) is 7.31. The third-order valence-corrected chi connectivity index (χ3v) is 1.70. The number of rotatable bonds is 3. The highest BCUT2D eigenvalue weighted by atomic mass is 79.9. The molecule has 0 radical (unpaired) electrons. The van der Waals surface area contributed by atoms with Crippen LogP contribution in [0.4, 0.5) is 0 Å². The molecule has 0 aliphatic carbocycles. The van der Waals surface area contributed by atoms with E-state index in [0.717, 1.165) is 10.2 Å². The van der Waals surface area contributed by atoms with Crippen LogP contribution in [0.1, 0.15) is 6.92 Å². The molecule has 1 rings (SSSR count). The molecule has 3 heteroatoms. The Morgan fingerprint density at radius 2 is 2.42 bits per heavy atom. The molecule has 0 bridgehead atoms. The number of hydrogen-bond donors (Lipinski definition) is 0. The molecule has 0 amide bonds. The summed E-state index contributed by atoms with van der Waals surface area (Å²) >= 11 is 3.31. The van der Waals surface area contributed by atoms with E-state index in [-0.39, 0.29) is 0 Å². The Morgan fingerprint density at radius 3 is 3.08 bits per heavy atom. The molecule has 0 aromatic carbocycles. The van der Waals surface area contributed by atoms with E-state index in [2.05, 4.69) is 20.9 Å². The van der Waals surface area contributed by atoms with Crippen molar-refractivity contribution < 1.29 is 4.74 Å². The first-order valence-electron chi connectivity index (χ1n) is 3.67. The Balaban J connectivity index is 2.52. The van der Waals surface area contributed by atoms with Crippen LogP contribution in [0.25, 0.3) is 0 Å². The lowest BCUT2D eigenvalue weighted by molar-refractivity contribution is 0.361. The number of aromatic nitrogens is 1. The highest BCUT2D eigenvalue weighted by molar-refractivity contribution is 9.10. The summed E-state index contributed by atoms with van der Waals surface area (Å²) in [7, 11) is 0. The molecule has 12 heavy (non-hydrogen) atoms. The van der Waals surface area contributed by atoms with E-state index in [1.807, 2.05) is 25.1 Å². The zero-order valence-electron chi connectivity index (χ0n) is 6.83. The summed E-state index contributed by atoms with van der Waals surface area (Å²) in [5.41, 5.74) is 0. The van der Waals surface area contributed by atoms with E-state index >= 15 is 0 Å². The van der Waals surface area contributed by atoms with Crippen molar-refractivity contribution in [2.45, 2.75) is 6.92 Å². The predicted octanol–water partition coefficient (Wildman–Crippen LogP) is 2.80. The lowest BCUT2D eigenvalue weighted by Gasteiger charge is -2.01. The van der Waals surface area contributed by atoms with Crippen molar-refractivity contribution in [1.82, 2.24) is 4.98 Å². The highest BCUT2D eigenvalue weighted by Gasteiger charge is 1.92. The molecule has 0 aliphatic heterocycles. The number of hydrogen-bond acceptors (Lipinski definition) is 2. The normalized spacial score (nSPS) is 10.5. The molecule has 2 nitrogen and oxygen atoms in total. The topological polar surface area (TPSA) is 22.1 Å². The molecule has 0 fully saturated rings. The molecule has 0 saturated heterocycles. The van der Waals surface area contributed by atoms with Crippen LogP contribution in [0.15, 0.2) is 35.1 Å². The zero-order chi connectivity index (χ0) is 8.81. The maximum atomic E-state index is 5.35. The molecule has 0 aliphatic rings. The summed E-state index contributed by atoms with van der Waals surface area (Å²) in [6, 6.07) is 1.89. The first-order chi connectivity index (χ1) is 5.83. The van der Waals surface area contributed by atoms with Crippen molar-refractivity contribution in [3.63, 3.8) is 0 Å². The van der Waals surface area contributed by atoms with Gasteiger partial charge < -0.3 is 4.74 Å². The van der Waals surface area contributed by atoms with Gasteiger partial charge in [0.1, 0.15) is 12.4 Å². The number of ether oxygens (including phenoxy) is 1. The maximum Gasteiger partial charge on any atom is 0.139 e. The van der Waals surface area contributed by atoms with E-state index in [9.17, 15) is 0 Å². The third kappa shape index (κ3) is 3.05. The van der Waals surface area contributed by atoms with Gasteiger partial charge in [-0.05, 0) is 28.9 Å². The van der Waals surface area contributed by atoms with Gasteiger partial charge in [-0.2, -0.15) is 0 Å². The van der Waals surface area contributed by atoms with E-state index in [1.54, 1.807) is 12.4 Å². The van der Waals surface area contributed by atoms with Crippen molar-refractivity contribution in [3.8, 4) is 5.75 Å². The van der Waals surface area contributed by atoms with Crippen LogP contribution in [0.3, 0.4) is 0 Å². The Labute approximate surface area is 80.4 Å². The van der Waals surface area contributed by atoms with Gasteiger partial charge in [0.15, 0.2) is 0 Å². The number of allylic oxidation sites excluding steroid dienone is 1. The van der Waals surface area contributed by atoms with Gasteiger partial charge in [0, 0.05) is 10.7 Å². The molecule has 0 unspecified atom stereocenters. The smallest absolute Gasteiger partial charge is 0.139 e. The molecule has 0 spiro atoms. The monoisotopic (exact) mass is 227 g/mol. The number of pyridine rings is 1. The maximum absolute atomic E-state index is 5.35. The Hall–Kier alpha value is -0.830. The zero-order valence-corrected chi connectivity index (χ0v) is 8.41. The van der Waals surface area contributed by atoms with E-state index in [1.165, 1.54) is 0 Å². The van der Waals surface area contributed by atoms with E-state index in [4.69, 9.17) is 4.74 Å². The molecule has 0 N–H and O–H groups in total. The first kappa shape index (κ1) is 9.26. The molecular formula is C9H10BrNO. The molecule has 0 atom stereocenters. The van der Waals surface area contributed by atoms with E-state index in [0.29, 0.717) is 6.61 Å². The molecule has 1 heterocycles. The fourth-order valence-electron chi connectivity index (χ4n) is 0.712. The van der Waals surface area contributed by atoms with Gasteiger partial charge in [-0.3, -0.25) is 4.98 Å². The van der Waals surface area contributed by atoms with Crippen molar-refractivity contribution in [2.24, 2.45) is 0 Å². The fourth-order valence-corrected chi connectivity index (χ4v) is 1.06. The van der Waals surface area contributed by atoms with Gasteiger partial charge in [0.25, 0.3) is 0 Å². The molecule has 64 valence electrons.